The van der Waals surface area contributed by atoms with Gasteiger partial charge in [0.2, 0.25) is 17.7 Å². The summed E-state index contributed by atoms with van der Waals surface area (Å²) in [6.45, 7) is 7.62. The Labute approximate surface area is 179 Å². The second-order valence-electron chi connectivity index (χ2n) is 7.60. The maximum absolute atomic E-state index is 12.1. The van der Waals surface area contributed by atoms with Crippen molar-refractivity contribution in [2.45, 2.75) is 45.9 Å². The number of aryl methyl sites for hydroxylation is 2. The molecule has 4 rings (SSSR count). The molecule has 0 aliphatic carbocycles. The first-order chi connectivity index (χ1) is 14.8. The molecule has 10 heteroatoms. The van der Waals surface area contributed by atoms with Crippen LogP contribution in [0.1, 0.15) is 36.9 Å². The number of cyclic esters (lactones) is 1. The van der Waals surface area contributed by atoms with Gasteiger partial charge in [0.15, 0.2) is 0 Å². The third-order valence-corrected chi connectivity index (χ3v) is 5.26. The molecule has 31 heavy (non-hydrogen) atoms. The fraction of sp³-hybridized carbons (Fsp3) is 0.381. The lowest BCUT2D eigenvalue weighted by Gasteiger charge is -2.22. The number of benzene rings is 1. The summed E-state index contributed by atoms with van der Waals surface area (Å²) in [6, 6.07) is 6.66. The number of aromatic nitrogens is 4. The van der Waals surface area contributed by atoms with E-state index in [4.69, 9.17) is 9.15 Å². The highest BCUT2D eigenvalue weighted by Crippen LogP contribution is 2.26. The second-order valence-corrected chi connectivity index (χ2v) is 7.60. The predicted octanol–water partition coefficient (Wildman–Crippen LogP) is 3.02. The van der Waals surface area contributed by atoms with E-state index in [2.05, 4.69) is 25.5 Å². The normalized spacial score (nSPS) is 18.0. The molecule has 0 saturated carbocycles. The summed E-state index contributed by atoms with van der Waals surface area (Å²) < 4.78 is 10.9. The van der Waals surface area contributed by atoms with Crippen molar-refractivity contribution in [3.05, 3.63) is 47.5 Å². The van der Waals surface area contributed by atoms with Gasteiger partial charge in [0.25, 0.3) is 0 Å². The van der Waals surface area contributed by atoms with Crippen LogP contribution in [-0.4, -0.2) is 50.1 Å². The SMILES string of the molecule is Cc1ccc(-c2nnc([C@@H](C)Nc3nccc(N4C(=O)OCC4[C@@H](C)O)n3)o2)cc1C. The highest BCUT2D eigenvalue weighted by Gasteiger charge is 2.38. The molecule has 1 unspecified atom stereocenters. The summed E-state index contributed by atoms with van der Waals surface area (Å²) in [5.41, 5.74) is 3.18. The van der Waals surface area contributed by atoms with Gasteiger partial charge >= 0.3 is 6.09 Å². The number of nitrogens with one attached hydrogen (secondary N) is 1. The van der Waals surface area contributed by atoms with Gasteiger partial charge in [0.05, 0.1) is 6.10 Å². The summed E-state index contributed by atoms with van der Waals surface area (Å²) in [6.07, 6.45) is 0.202. The molecule has 0 bridgehead atoms. The fourth-order valence-corrected chi connectivity index (χ4v) is 3.26. The van der Waals surface area contributed by atoms with Crippen LogP contribution in [0.4, 0.5) is 16.6 Å². The van der Waals surface area contributed by atoms with Gasteiger partial charge in [-0.2, -0.15) is 4.98 Å². The van der Waals surface area contributed by atoms with Gasteiger partial charge in [0.1, 0.15) is 24.5 Å². The van der Waals surface area contributed by atoms with Gasteiger partial charge in [-0.3, -0.25) is 4.90 Å². The molecule has 1 amide bonds. The monoisotopic (exact) mass is 424 g/mol. The molecular formula is C21H24N6O4. The number of anilines is 2. The molecule has 1 aliphatic rings. The molecule has 3 aromatic rings. The average molecular weight is 424 g/mol. The number of carbonyl (C=O) groups excluding carboxylic acids is 1. The molecule has 0 radical (unpaired) electrons. The van der Waals surface area contributed by atoms with Gasteiger partial charge in [-0.1, -0.05) is 6.07 Å². The Kier molecular flexibility index (Phi) is 5.55. The Morgan fingerprint density at radius 1 is 1.19 bits per heavy atom. The molecule has 2 N–H and O–H groups in total. The molecule has 1 fully saturated rings. The molecule has 3 heterocycles. The number of amides is 1. The van der Waals surface area contributed by atoms with Crippen molar-refractivity contribution in [1.29, 1.82) is 0 Å². The van der Waals surface area contributed by atoms with Crippen molar-refractivity contribution >= 4 is 17.9 Å². The van der Waals surface area contributed by atoms with E-state index in [1.807, 2.05) is 39.0 Å². The molecule has 1 aromatic carbocycles. The maximum Gasteiger partial charge on any atom is 0.416 e. The Bertz CT molecular complexity index is 1100. The van der Waals surface area contributed by atoms with Crippen LogP contribution >= 0.6 is 0 Å². The maximum atomic E-state index is 12.1. The van der Waals surface area contributed by atoms with E-state index in [0.29, 0.717) is 17.6 Å². The number of hydrogen-bond acceptors (Lipinski definition) is 9. The minimum absolute atomic E-state index is 0.100. The zero-order valence-electron chi connectivity index (χ0n) is 17.7. The Morgan fingerprint density at radius 3 is 2.74 bits per heavy atom. The highest BCUT2D eigenvalue weighted by molar-refractivity contribution is 5.89. The van der Waals surface area contributed by atoms with Gasteiger partial charge in [-0.05, 0) is 57.0 Å². The summed E-state index contributed by atoms with van der Waals surface area (Å²) in [5.74, 6) is 1.42. The Morgan fingerprint density at radius 2 is 2.00 bits per heavy atom. The zero-order chi connectivity index (χ0) is 22.1. The van der Waals surface area contributed by atoms with E-state index >= 15 is 0 Å². The smallest absolute Gasteiger partial charge is 0.416 e. The van der Waals surface area contributed by atoms with Crippen LogP contribution in [0.5, 0.6) is 0 Å². The van der Waals surface area contributed by atoms with E-state index in [0.717, 1.165) is 11.1 Å². The van der Waals surface area contributed by atoms with E-state index in [9.17, 15) is 9.90 Å². The fourth-order valence-electron chi connectivity index (χ4n) is 3.26. The molecule has 162 valence electrons. The van der Waals surface area contributed by atoms with Crippen LogP contribution in [0.3, 0.4) is 0 Å². The van der Waals surface area contributed by atoms with E-state index in [1.54, 1.807) is 13.0 Å². The predicted molar refractivity (Wildman–Crippen MR) is 113 cm³/mol. The minimum atomic E-state index is -0.765. The van der Waals surface area contributed by atoms with Crippen molar-refractivity contribution < 1.29 is 19.1 Å². The number of ether oxygens (including phenoxy) is 1. The van der Waals surface area contributed by atoms with Crippen LogP contribution in [0, 0.1) is 13.8 Å². The lowest BCUT2D eigenvalue weighted by molar-refractivity contribution is 0.142. The number of carbonyl (C=O) groups is 1. The van der Waals surface area contributed by atoms with Gasteiger partial charge < -0.3 is 19.6 Å². The molecule has 1 aliphatic heterocycles. The summed E-state index contributed by atoms with van der Waals surface area (Å²) in [5, 5.41) is 21.3. The van der Waals surface area contributed by atoms with Gasteiger partial charge in [-0.15, -0.1) is 10.2 Å². The zero-order valence-corrected chi connectivity index (χ0v) is 17.7. The van der Waals surface area contributed by atoms with E-state index in [1.165, 1.54) is 16.7 Å². The Hall–Kier alpha value is -3.53. The summed E-state index contributed by atoms with van der Waals surface area (Å²) >= 11 is 0. The molecule has 10 nitrogen and oxygen atoms in total. The van der Waals surface area contributed by atoms with Crippen molar-refractivity contribution in [1.82, 2.24) is 20.2 Å². The van der Waals surface area contributed by atoms with Gasteiger partial charge in [0, 0.05) is 11.8 Å². The summed E-state index contributed by atoms with van der Waals surface area (Å²) in [4.78, 5) is 22.0. The van der Waals surface area contributed by atoms with Crippen LogP contribution in [0.15, 0.2) is 34.9 Å². The molecule has 1 saturated heterocycles. The first-order valence-corrected chi connectivity index (χ1v) is 9.98. The number of aliphatic hydroxyl groups is 1. The van der Waals surface area contributed by atoms with Crippen molar-refractivity contribution in [3.8, 4) is 11.5 Å². The number of rotatable bonds is 6. The largest absolute Gasteiger partial charge is 0.447 e. The molecule has 0 spiro atoms. The number of hydrogen-bond donors (Lipinski definition) is 2. The van der Waals surface area contributed by atoms with E-state index < -0.39 is 18.2 Å². The first kappa shape index (κ1) is 20.7. The van der Waals surface area contributed by atoms with Crippen LogP contribution in [0.25, 0.3) is 11.5 Å². The van der Waals surface area contributed by atoms with Crippen LogP contribution < -0.4 is 10.2 Å². The number of aliphatic hydroxyl groups excluding tert-OH is 1. The minimum Gasteiger partial charge on any atom is -0.447 e. The average Bonchev–Trinajstić information content (AvgIpc) is 3.37. The van der Waals surface area contributed by atoms with Crippen molar-refractivity contribution in [3.63, 3.8) is 0 Å². The quantitative estimate of drug-likeness (QED) is 0.614. The second kappa shape index (κ2) is 8.31. The molecular weight excluding hydrogens is 400 g/mol. The molecule has 2 aromatic heterocycles. The van der Waals surface area contributed by atoms with Crippen LogP contribution in [0.2, 0.25) is 0 Å². The summed E-state index contributed by atoms with van der Waals surface area (Å²) in [7, 11) is 0. The number of nitrogens with zero attached hydrogens (tertiary/aromatic N) is 5. The lowest BCUT2D eigenvalue weighted by Crippen LogP contribution is -2.41. The standard InChI is InChI=1S/C21H24N6O4/c1-11-5-6-15(9-12(11)2)19-26-25-18(31-19)13(3)23-20-22-8-7-17(24-20)27-16(14(4)28)10-30-21(27)29/h5-9,13-14,16,28H,10H2,1-4H3,(H,22,23,24)/t13-,14-,16?/m1/s1. The van der Waals surface area contributed by atoms with Gasteiger partial charge in [-0.25, -0.2) is 9.78 Å². The van der Waals surface area contributed by atoms with Crippen molar-refractivity contribution in [2.75, 3.05) is 16.8 Å². The van der Waals surface area contributed by atoms with Crippen LogP contribution in [-0.2, 0) is 4.74 Å². The Balaban J connectivity index is 1.51. The lowest BCUT2D eigenvalue weighted by atomic mass is 10.1. The highest BCUT2D eigenvalue weighted by atomic mass is 16.6. The third kappa shape index (κ3) is 4.19. The third-order valence-electron chi connectivity index (χ3n) is 5.26. The molecule has 3 atom stereocenters. The van der Waals surface area contributed by atoms with E-state index in [-0.39, 0.29) is 18.6 Å². The first-order valence-electron chi connectivity index (χ1n) is 9.98. The topological polar surface area (TPSA) is 127 Å². The van der Waals surface area contributed by atoms with Crippen molar-refractivity contribution in [2.24, 2.45) is 0 Å².